The molecule has 0 bridgehead atoms. The summed E-state index contributed by atoms with van der Waals surface area (Å²) in [5.41, 5.74) is 3.06. The number of rotatable bonds is 8. The molecule has 0 radical (unpaired) electrons. The van der Waals surface area contributed by atoms with Crippen LogP contribution in [0.2, 0.25) is 0 Å². The lowest BCUT2D eigenvalue weighted by Crippen LogP contribution is -2.25. The number of fused-ring (bicyclic) bond motifs is 1. The Labute approximate surface area is 224 Å². The average molecular weight is 555 g/mol. The molecule has 4 N–H and O–H groups in total. The maximum absolute atomic E-state index is 13.3. The Morgan fingerprint density at radius 3 is 2.64 bits per heavy atom. The molecule has 5 rings (SSSR count). The van der Waals surface area contributed by atoms with Gasteiger partial charge in [-0.15, -0.1) is 20.1 Å². The van der Waals surface area contributed by atoms with E-state index in [4.69, 9.17) is 4.74 Å². The Hall–Kier alpha value is -4.98. The summed E-state index contributed by atoms with van der Waals surface area (Å²) in [4.78, 5) is 33.8. The normalized spacial score (nSPS) is 12.9. The molecule has 0 aliphatic carbocycles. The molecule has 2 aromatic heterocycles. The molecule has 4 aromatic rings. The van der Waals surface area contributed by atoms with Crippen LogP contribution in [0.4, 0.5) is 36.6 Å². The van der Waals surface area contributed by atoms with Gasteiger partial charge in [-0.3, -0.25) is 10.1 Å². The van der Waals surface area contributed by atoms with Gasteiger partial charge in [0.15, 0.2) is 11.5 Å². The van der Waals surface area contributed by atoms with Gasteiger partial charge < -0.3 is 30.2 Å². The minimum absolute atomic E-state index is 0.123. The number of thiazole rings is 1. The molecule has 0 saturated heterocycles. The molecule has 11 nitrogen and oxygen atoms in total. The zero-order valence-electron chi connectivity index (χ0n) is 20.2. The van der Waals surface area contributed by atoms with Crippen LogP contribution in [0.5, 0.6) is 17.2 Å². The smallest absolute Gasteiger partial charge is 0.497 e. The molecule has 14 heteroatoms. The van der Waals surface area contributed by atoms with Crippen LogP contribution in [-0.4, -0.2) is 35.3 Å². The number of amides is 3. The lowest BCUT2D eigenvalue weighted by Gasteiger charge is -2.10. The number of hydrogen-bond donors (Lipinski definition) is 4. The van der Waals surface area contributed by atoms with Crippen LogP contribution in [0.3, 0.4) is 0 Å². The Kier molecular flexibility index (Phi) is 7.10. The monoisotopic (exact) mass is 554 g/mol. The zero-order chi connectivity index (χ0) is 27.4. The van der Waals surface area contributed by atoms with Crippen LogP contribution in [0.15, 0.2) is 66.3 Å². The van der Waals surface area contributed by atoms with Crippen LogP contribution in [0, 0.1) is 0 Å². The number of halogens is 2. The lowest BCUT2D eigenvalue weighted by molar-refractivity contribution is -0.286. The van der Waals surface area contributed by atoms with E-state index >= 15 is 0 Å². The van der Waals surface area contributed by atoms with Crippen molar-refractivity contribution < 1.29 is 32.6 Å². The van der Waals surface area contributed by atoms with Crippen LogP contribution >= 0.6 is 11.3 Å². The highest BCUT2D eigenvalue weighted by Gasteiger charge is 2.43. The summed E-state index contributed by atoms with van der Waals surface area (Å²) in [6, 6.07) is 13.8. The summed E-state index contributed by atoms with van der Waals surface area (Å²) in [6.07, 6.45) is -2.21. The van der Waals surface area contributed by atoms with Gasteiger partial charge in [-0.25, -0.2) is 14.8 Å². The van der Waals surface area contributed by atoms with E-state index < -0.39 is 18.2 Å². The predicted molar refractivity (Wildman–Crippen MR) is 140 cm³/mol. The van der Waals surface area contributed by atoms with Gasteiger partial charge in [0.1, 0.15) is 22.3 Å². The molecule has 0 unspecified atom stereocenters. The summed E-state index contributed by atoms with van der Waals surface area (Å²) in [7, 11) is 1.54. The summed E-state index contributed by atoms with van der Waals surface area (Å²) >= 11 is 1.10. The first kappa shape index (κ1) is 25.7. The largest absolute Gasteiger partial charge is 0.586 e. The maximum atomic E-state index is 13.3. The molecular formula is C25H20F2N6O5S. The molecular weight excluding hydrogens is 534 g/mol. The molecule has 2 aromatic carbocycles. The molecule has 39 heavy (non-hydrogen) atoms. The van der Waals surface area contributed by atoms with E-state index in [-0.39, 0.29) is 28.6 Å². The van der Waals surface area contributed by atoms with Gasteiger partial charge in [-0.2, -0.15) is 0 Å². The molecule has 0 atom stereocenters. The van der Waals surface area contributed by atoms with Gasteiger partial charge in [0.25, 0.3) is 5.91 Å². The lowest BCUT2D eigenvalue weighted by atomic mass is 10.2. The predicted octanol–water partition coefficient (Wildman–Crippen LogP) is 5.38. The van der Waals surface area contributed by atoms with Crippen molar-refractivity contribution in [3.63, 3.8) is 0 Å². The van der Waals surface area contributed by atoms with Crippen LogP contribution in [0.25, 0.3) is 0 Å². The van der Waals surface area contributed by atoms with E-state index in [1.54, 1.807) is 36.4 Å². The number of hydrogen-bond acceptors (Lipinski definition) is 9. The van der Waals surface area contributed by atoms with Gasteiger partial charge in [-0.1, -0.05) is 6.07 Å². The minimum Gasteiger partial charge on any atom is -0.497 e. The third-order valence-electron chi connectivity index (χ3n) is 5.29. The maximum Gasteiger partial charge on any atom is 0.586 e. The van der Waals surface area contributed by atoms with Gasteiger partial charge in [0, 0.05) is 36.2 Å². The van der Waals surface area contributed by atoms with E-state index in [1.165, 1.54) is 37.0 Å². The quantitative estimate of drug-likeness (QED) is 0.228. The van der Waals surface area contributed by atoms with E-state index in [9.17, 15) is 18.4 Å². The van der Waals surface area contributed by atoms with Crippen LogP contribution < -0.4 is 35.5 Å². The second-order valence-corrected chi connectivity index (χ2v) is 8.88. The van der Waals surface area contributed by atoms with Crippen molar-refractivity contribution in [2.24, 2.45) is 0 Å². The number of ether oxygens (including phenoxy) is 3. The number of nitrogens with one attached hydrogen (secondary N) is 4. The highest BCUT2D eigenvalue weighted by atomic mass is 32.1. The van der Waals surface area contributed by atoms with E-state index in [0.29, 0.717) is 23.1 Å². The van der Waals surface area contributed by atoms with Crippen molar-refractivity contribution in [2.45, 2.75) is 12.8 Å². The Balaban J connectivity index is 1.18. The number of benzene rings is 2. The van der Waals surface area contributed by atoms with E-state index in [1.807, 2.05) is 0 Å². The Morgan fingerprint density at radius 1 is 0.974 bits per heavy atom. The molecule has 3 amide bonds. The van der Waals surface area contributed by atoms with Crippen LogP contribution in [-0.2, 0) is 6.54 Å². The van der Waals surface area contributed by atoms with Crippen molar-refractivity contribution in [1.82, 2.24) is 9.97 Å². The summed E-state index contributed by atoms with van der Waals surface area (Å²) in [5, 5.41) is 11.1. The Bertz CT molecular complexity index is 1530. The van der Waals surface area contributed by atoms with Crippen molar-refractivity contribution in [3.8, 4) is 17.2 Å². The topological polar surface area (TPSA) is 136 Å². The number of aromatic nitrogens is 2. The number of carbonyl (C=O) groups is 2. The van der Waals surface area contributed by atoms with Crippen LogP contribution in [0.1, 0.15) is 15.2 Å². The summed E-state index contributed by atoms with van der Waals surface area (Å²) in [6.45, 7) is 0.276. The minimum atomic E-state index is -3.75. The average Bonchev–Trinajstić information content (AvgIpc) is 3.50. The van der Waals surface area contributed by atoms with Crippen molar-refractivity contribution in [1.29, 1.82) is 0 Å². The molecule has 0 fully saturated rings. The van der Waals surface area contributed by atoms with Gasteiger partial charge in [-0.05, 0) is 42.0 Å². The third kappa shape index (κ3) is 6.30. The van der Waals surface area contributed by atoms with Gasteiger partial charge in [0.2, 0.25) is 0 Å². The highest BCUT2D eigenvalue weighted by Crippen LogP contribution is 2.42. The van der Waals surface area contributed by atoms with Gasteiger partial charge >= 0.3 is 12.3 Å². The fraction of sp³-hybridized carbons (Fsp3) is 0.120. The van der Waals surface area contributed by atoms with Gasteiger partial charge in [0.05, 0.1) is 12.6 Å². The van der Waals surface area contributed by atoms with Crippen molar-refractivity contribution in [3.05, 3.63) is 76.7 Å². The molecule has 0 saturated carbocycles. The fourth-order valence-electron chi connectivity index (χ4n) is 3.57. The number of carbonyl (C=O) groups excluding carboxylic acids is 2. The summed E-state index contributed by atoms with van der Waals surface area (Å²) < 4.78 is 40.4. The first-order chi connectivity index (χ1) is 18.8. The Morgan fingerprint density at radius 2 is 1.79 bits per heavy atom. The number of pyridine rings is 1. The van der Waals surface area contributed by atoms with E-state index in [2.05, 4.69) is 40.7 Å². The molecule has 200 valence electrons. The number of urea groups is 1. The first-order valence-electron chi connectivity index (χ1n) is 11.3. The number of methoxy groups -OCH3 is 1. The zero-order valence-corrected chi connectivity index (χ0v) is 21.0. The van der Waals surface area contributed by atoms with E-state index in [0.717, 1.165) is 16.9 Å². The fourth-order valence-corrected chi connectivity index (χ4v) is 4.22. The van der Waals surface area contributed by atoms with Crippen molar-refractivity contribution in [2.75, 3.05) is 28.4 Å². The third-order valence-corrected chi connectivity index (χ3v) is 6.11. The molecule has 1 aliphatic heterocycles. The number of nitrogens with zero attached hydrogens (tertiary/aromatic N) is 2. The number of alkyl halides is 2. The SMILES string of the molecule is COc1cccc(NC(=O)Nc2cc(CNc3ncsc3C(=O)Nc3ccc4c(c3)OC(F)(F)O4)ccn2)c1. The molecule has 0 spiro atoms. The second-order valence-electron chi connectivity index (χ2n) is 8.03. The molecule has 3 heterocycles. The highest BCUT2D eigenvalue weighted by molar-refractivity contribution is 7.12. The molecule has 1 aliphatic rings. The summed E-state index contributed by atoms with van der Waals surface area (Å²) in [5.74, 6) is 0.458. The first-order valence-corrected chi connectivity index (χ1v) is 12.2. The van der Waals surface area contributed by atoms with Crippen molar-refractivity contribution >= 4 is 46.3 Å². The second kappa shape index (κ2) is 10.8. The number of anilines is 4. The standard InChI is InChI=1S/C25H20F2N6O5S/c1-36-17-4-2-3-15(10-17)32-24(35)33-20-9-14(7-8-28-20)12-29-22-21(39-13-30-22)23(34)31-16-5-6-18-19(11-16)38-25(26,27)37-18/h2-11,13,29H,12H2,1H3,(H,31,34)(H2,28,32,33,35).